The first-order chi connectivity index (χ1) is 9.54. The number of esters is 2. The van der Waals surface area contributed by atoms with Crippen molar-refractivity contribution >= 4 is 17.7 Å². The van der Waals surface area contributed by atoms with Gasteiger partial charge >= 0.3 is 11.9 Å². The number of nitrogens with zero attached hydrogens (tertiary/aromatic N) is 1. The summed E-state index contributed by atoms with van der Waals surface area (Å²) < 4.78 is 9.55. The van der Waals surface area contributed by atoms with Crippen molar-refractivity contribution in [2.75, 3.05) is 14.2 Å². The quantitative estimate of drug-likeness (QED) is 0.828. The van der Waals surface area contributed by atoms with E-state index in [-0.39, 0.29) is 5.71 Å². The second kappa shape index (κ2) is 5.32. The fraction of sp³-hybridized carbons (Fsp3) is 0.357. The molecule has 2 unspecified atom stereocenters. The lowest BCUT2D eigenvalue weighted by molar-refractivity contribution is -0.147. The maximum Gasteiger partial charge on any atom is 0.354 e. The zero-order valence-electron chi connectivity index (χ0n) is 11.5. The van der Waals surface area contributed by atoms with Crippen LogP contribution in [-0.2, 0) is 19.1 Å². The van der Waals surface area contributed by atoms with E-state index in [4.69, 9.17) is 9.47 Å². The summed E-state index contributed by atoms with van der Waals surface area (Å²) in [5, 5.41) is 3.98. The molecule has 0 aliphatic carbocycles. The molecule has 0 radical (unpaired) electrons. The Balaban J connectivity index is 2.49. The SMILES string of the molecule is COC(=O)C1=NNC(C)(C(=O)OC)C1c1ccccc1. The van der Waals surface area contributed by atoms with Crippen LogP contribution in [0.5, 0.6) is 0 Å². The molecule has 6 heteroatoms. The van der Waals surface area contributed by atoms with Crippen molar-refractivity contribution < 1.29 is 19.1 Å². The van der Waals surface area contributed by atoms with Crippen molar-refractivity contribution in [2.24, 2.45) is 5.10 Å². The normalized spacial score (nSPS) is 24.6. The first-order valence-electron chi connectivity index (χ1n) is 6.11. The van der Waals surface area contributed by atoms with E-state index in [2.05, 4.69) is 10.5 Å². The van der Waals surface area contributed by atoms with E-state index in [1.165, 1.54) is 14.2 Å². The largest absolute Gasteiger partial charge is 0.467 e. The highest BCUT2D eigenvalue weighted by Gasteiger charge is 2.52. The average molecular weight is 276 g/mol. The molecule has 106 valence electrons. The number of carbonyl (C=O) groups is 2. The highest BCUT2D eigenvalue weighted by atomic mass is 16.5. The Hall–Kier alpha value is -2.37. The van der Waals surface area contributed by atoms with Crippen LogP contribution in [0.3, 0.4) is 0 Å². The van der Waals surface area contributed by atoms with E-state index in [0.29, 0.717) is 0 Å². The van der Waals surface area contributed by atoms with Crippen LogP contribution in [0.2, 0.25) is 0 Å². The molecule has 0 bridgehead atoms. The monoisotopic (exact) mass is 276 g/mol. The lowest BCUT2D eigenvalue weighted by Crippen LogP contribution is -2.50. The number of carbonyl (C=O) groups excluding carboxylic acids is 2. The Bertz CT molecular complexity index is 556. The van der Waals surface area contributed by atoms with Crippen LogP contribution in [0.4, 0.5) is 0 Å². The average Bonchev–Trinajstić information content (AvgIpc) is 2.85. The molecule has 2 rings (SSSR count). The van der Waals surface area contributed by atoms with E-state index >= 15 is 0 Å². The van der Waals surface area contributed by atoms with Gasteiger partial charge in [-0.3, -0.25) is 5.43 Å². The standard InChI is InChI=1S/C14H16N2O4/c1-14(13(18)20-3)10(9-7-5-4-6-8-9)11(15-16-14)12(17)19-2/h4-8,10,16H,1-3H3. The third-order valence-corrected chi connectivity index (χ3v) is 3.40. The van der Waals surface area contributed by atoms with Crippen LogP contribution < -0.4 is 5.43 Å². The van der Waals surface area contributed by atoms with Gasteiger partial charge in [-0.25, -0.2) is 9.59 Å². The van der Waals surface area contributed by atoms with Crippen molar-refractivity contribution in [3.05, 3.63) is 35.9 Å². The number of hydrogen-bond acceptors (Lipinski definition) is 6. The molecule has 0 saturated carbocycles. The third-order valence-electron chi connectivity index (χ3n) is 3.40. The molecule has 1 heterocycles. The Morgan fingerprint density at radius 3 is 2.40 bits per heavy atom. The summed E-state index contributed by atoms with van der Waals surface area (Å²) in [7, 11) is 2.58. The van der Waals surface area contributed by atoms with Crippen LogP contribution in [0.1, 0.15) is 18.4 Å². The van der Waals surface area contributed by atoms with Crippen molar-refractivity contribution in [3.8, 4) is 0 Å². The fourth-order valence-electron chi connectivity index (χ4n) is 2.36. The zero-order chi connectivity index (χ0) is 14.8. The van der Waals surface area contributed by atoms with Gasteiger partial charge in [0.05, 0.1) is 20.1 Å². The van der Waals surface area contributed by atoms with E-state index < -0.39 is 23.4 Å². The van der Waals surface area contributed by atoms with E-state index in [9.17, 15) is 9.59 Å². The molecule has 1 aromatic carbocycles. The number of ether oxygens (including phenoxy) is 2. The van der Waals surface area contributed by atoms with Crippen LogP contribution in [0.15, 0.2) is 35.4 Å². The molecule has 0 aromatic heterocycles. The molecule has 0 spiro atoms. The van der Waals surface area contributed by atoms with Crippen molar-refractivity contribution in [2.45, 2.75) is 18.4 Å². The second-order valence-corrected chi connectivity index (χ2v) is 4.64. The lowest BCUT2D eigenvalue weighted by atomic mass is 9.79. The smallest absolute Gasteiger partial charge is 0.354 e. The van der Waals surface area contributed by atoms with Gasteiger partial charge < -0.3 is 9.47 Å². The molecule has 0 fully saturated rings. The van der Waals surface area contributed by atoms with Gasteiger partial charge in [-0.1, -0.05) is 30.3 Å². The number of hydrogen-bond donors (Lipinski definition) is 1. The minimum atomic E-state index is -1.14. The highest BCUT2D eigenvalue weighted by molar-refractivity contribution is 6.40. The summed E-state index contributed by atoms with van der Waals surface area (Å²) in [5.74, 6) is -1.63. The number of hydrazone groups is 1. The van der Waals surface area contributed by atoms with Gasteiger partial charge in [0.25, 0.3) is 0 Å². The predicted octanol–water partition coefficient (Wildman–Crippen LogP) is 0.834. The number of rotatable bonds is 3. The summed E-state index contributed by atoms with van der Waals surface area (Å²) in [6, 6.07) is 9.19. The summed E-state index contributed by atoms with van der Waals surface area (Å²) in [4.78, 5) is 23.9. The Labute approximate surface area is 116 Å². The summed E-state index contributed by atoms with van der Waals surface area (Å²) in [6.45, 7) is 1.65. The number of benzene rings is 1. The third kappa shape index (κ3) is 2.13. The molecule has 0 amide bonds. The topological polar surface area (TPSA) is 77.0 Å². The molecule has 0 saturated heterocycles. The van der Waals surface area contributed by atoms with Crippen molar-refractivity contribution in [1.82, 2.24) is 5.43 Å². The van der Waals surface area contributed by atoms with Gasteiger partial charge in [-0.15, -0.1) is 0 Å². The molecule has 2 atom stereocenters. The Morgan fingerprint density at radius 1 is 1.20 bits per heavy atom. The highest BCUT2D eigenvalue weighted by Crippen LogP contribution is 2.35. The first kappa shape index (κ1) is 14.0. The molecule has 1 N–H and O–H groups in total. The van der Waals surface area contributed by atoms with Crippen LogP contribution in [0.25, 0.3) is 0 Å². The fourth-order valence-corrected chi connectivity index (χ4v) is 2.36. The van der Waals surface area contributed by atoms with Crippen molar-refractivity contribution in [3.63, 3.8) is 0 Å². The molecule has 1 aromatic rings. The van der Waals surface area contributed by atoms with Gasteiger partial charge in [0.1, 0.15) is 0 Å². The van der Waals surface area contributed by atoms with Crippen molar-refractivity contribution in [1.29, 1.82) is 0 Å². The summed E-state index contributed by atoms with van der Waals surface area (Å²) >= 11 is 0. The van der Waals surface area contributed by atoms with Crippen LogP contribution >= 0.6 is 0 Å². The molecule has 6 nitrogen and oxygen atoms in total. The summed E-state index contributed by atoms with van der Waals surface area (Å²) in [5.41, 5.74) is 2.52. The minimum Gasteiger partial charge on any atom is -0.467 e. The molecular weight excluding hydrogens is 260 g/mol. The number of nitrogens with one attached hydrogen (secondary N) is 1. The second-order valence-electron chi connectivity index (χ2n) is 4.64. The van der Waals surface area contributed by atoms with Gasteiger partial charge in [0, 0.05) is 0 Å². The minimum absolute atomic E-state index is 0.159. The maximum atomic E-state index is 12.1. The van der Waals surface area contributed by atoms with Crippen LogP contribution in [0, 0.1) is 0 Å². The summed E-state index contributed by atoms with van der Waals surface area (Å²) in [6.07, 6.45) is 0. The van der Waals surface area contributed by atoms with Gasteiger partial charge in [0.15, 0.2) is 11.3 Å². The van der Waals surface area contributed by atoms with E-state index in [1.807, 2.05) is 30.3 Å². The van der Waals surface area contributed by atoms with Gasteiger partial charge in [-0.2, -0.15) is 5.10 Å². The Morgan fingerprint density at radius 2 is 1.85 bits per heavy atom. The van der Waals surface area contributed by atoms with E-state index in [1.54, 1.807) is 6.92 Å². The number of methoxy groups -OCH3 is 2. The van der Waals surface area contributed by atoms with Gasteiger partial charge in [-0.05, 0) is 12.5 Å². The molecular formula is C14H16N2O4. The predicted molar refractivity (Wildman–Crippen MR) is 72.2 cm³/mol. The van der Waals surface area contributed by atoms with Gasteiger partial charge in [0.2, 0.25) is 0 Å². The zero-order valence-corrected chi connectivity index (χ0v) is 11.5. The van der Waals surface area contributed by atoms with E-state index in [0.717, 1.165) is 5.56 Å². The molecule has 1 aliphatic heterocycles. The lowest BCUT2D eigenvalue weighted by Gasteiger charge is -2.28. The molecule has 1 aliphatic rings. The first-order valence-corrected chi connectivity index (χ1v) is 6.11. The maximum absolute atomic E-state index is 12.1. The molecule has 20 heavy (non-hydrogen) atoms. The van der Waals surface area contributed by atoms with Crippen LogP contribution in [-0.4, -0.2) is 37.4 Å². The Kier molecular flexibility index (Phi) is 3.74.